The van der Waals surface area contributed by atoms with E-state index in [1.807, 2.05) is 6.07 Å². The van der Waals surface area contributed by atoms with E-state index in [4.69, 9.17) is 33.0 Å². The highest BCUT2D eigenvalue weighted by Gasteiger charge is 2.33. The molecular weight excluding hydrogens is 583 g/mol. The van der Waals surface area contributed by atoms with Crippen molar-refractivity contribution < 1.29 is 23.1 Å². The van der Waals surface area contributed by atoms with Crippen LogP contribution in [-0.2, 0) is 28.8 Å². The Morgan fingerprint density at radius 1 is 1.02 bits per heavy atom. The van der Waals surface area contributed by atoms with Crippen LogP contribution >= 0.6 is 23.2 Å². The SMILES string of the molecule is COC(=O)[C@@H](Cc1ccc(F)cc1)NC(=O)c1nn(-c2ccc(Cl)cc2Cl)c2c1CCCC[C@@H]2Cc1cccc(F)c1. The molecule has 6 nitrogen and oxygen atoms in total. The zero-order valence-corrected chi connectivity index (χ0v) is 24.4. The molecular formula is C32H29Cl2F2N3O3. The molecule has 0 radical (unpaired) electrons. The van der Waals surface area contributed by atoms with Gasteiger partial charge in [0.1, 0.15) is 17.7 Å². The molecule has 10 heteroatoms. The van der Waals surface area contributed by atoms with Crippen LogP contribution in [0.2, 0.25) is 10.0 Å². The number of fused-ring (bicyclic) bond motifs is 1. The minimum atomic E-state index is -1.03. The number of ether oxygens (including phenoxy) is 1. The normalized spacial score (nSPS) is 15.4. The Kier molecular flexibility index (Phi) is 9.24. The van der Waals surface area contributed by atoms with E-state index in [0.29, 0.717) is 34.1 Å². The Morgan fingerprint density at radius 2 is 1.81 bits per heavy atom. The predicted molar refractivity (Wildman–Crippen MR) is 157 cm³/mol. The Hall–Kier alpha value is -3.75. The smallest absolute Gasteiger partial charge is 0.328 e. The van der Waals surface area contributed by atoms with E-state index >= 15 is 0 Å². The maximum Gasteiger partial charge on any atom is 0.328 e. The maximum absolute atomic E-state index is 14.1. The molecule has 3 aromatic carbocycles. The second-order valence-corrected chi connectivity index (χ2v) is 11.2. The number of esters is 1. The van der Waals surface area contributed by atoms with Gasteiger partial charge in [-0.05, 0) is 79.3 Å². The van der Waals surface area contributed by atoms with E-state index in [-0.39, 0.29) is 23.8 Å². The van der Waals surface area contributed by atoms with Crippen LogP contribution < -0.4 is 5.32 Å². The summed E-state index contributed by atoms with van der Waals surface area (Å²) in [6, 6.07) is 16.2. The third-order valence-electron chi connectivity index (χ3n) is 7.51. The molecule has 1 aliphatic rings. The second-order valence-electron chi connectivity index (χ2n) is 10.4. The minimum Gasteiger partial charge on any atom is -0.467 e. The van der Waals surface area contributed by atoms with Crippen molar-refractivity contribution in [2.45, 2.75) is 50.5 Å². The molecule has 4 aromatic rings. The van der Waals surface area contributed by atoms with Crippen molar-refractivity contribution in [3.8, 4) is 5.69 Å². The Balaban J connectivity index is 1.56. The van der Waals surface area contributed by atoms with Crippen LogP contribution in [0.1, 0.15) is 58.1 Å². The lowest BCUT2D eigenvalue weighted by atomic mass is 9.90. The number of nitrogens with one attached hydrogen (secondary N) is 1. The summed E-state index contributed by atoms with van der Waals surface area (Å²) in [6.45, 7) is 0. The number of hydrogen-bond donors (Lipinski definition) is 1. The molecule has 1 amide bonds. The number of carbonyl (C=O) groups is 2. The summed E-state index contributed by atoms with van der Waals surface area (Å²) in [4.78, 5) is 26.5. The first-order valence-corrected chi connectivity index (χ1v) is 14.4. The lowest BCUT2D eigenvalue weighted by molar-refractivity contribution is -0.142. The summed E-state index contributed by atoms with van der Waals surface area (Å²) in [6.07, 6.45) is 3.76. The van der Waals surface area contributed by atoms with Crippen molar-refractivity contribution in [1.29, 1.82) is 0 Å². The van der Waals surface area contributed by atoms with Gasteiger partial charge in [0.25, 0.3) is 5.91 Å². The number of rotatable bonds is 8. The van der Waals surface area contributed by atoms with Gasteiger partial charge >= 0.3 is 5.97 Å². The van der Waals surface area contributed by atoms with Crippen molar-refractivity contribution in [3.63, 3.8) is 0 Å². The van der Waals surface area contributed by atoms with Gasteiger partial charge in [-0.3, -0.25) is 4.79 Å². The Morgan fingerprint density at radius 3 is 2.52 bits per heavy atom. The van der Waals surface area contributed by atoms with Crippen LogP contribution in [-0.4, -0.2) is 34.8 Å². The molecule has 1 N–H and O–H groups in total. The highest BCUT2D eigenvalue weighted by atomic mass is 35.5. The van der Waals surface area contributed by atoms with Gasteiger partial charge in [0, 0.05) is 22.9 Å². The highest BCUT2D eigenvalue weighted by molar-refractivity contribution is 6.35. The van der Waals surface area contributed by atoms with Crippen LogP contribution in [0.3, 0.4) is 0 Å². The monoisotopic (exact) mass is 611 g/mol. The molecule has 0 unspecified atom stereocenters. The van der Waals surface area contributed by atoms with Gasteiger partial charge in [0.2, 0.25) is 0 Å². The quantitative estimate of drug-likeness (QED) is 0.172. The first-order valence-electron chi connectivity index (χ1n) is 13.7. The van der Waals surface area contributed by atoms with Crippen molar-refractivity contribution in [2.75, 3.05) is 7.11 Å². The van der Waals surface area contributed by atoms with Crippen molar-refractivity contribution in [3.05, 3.63) is 116 Å². The van der Waals surface area contributed by atoms with Gasteiger partial charge in [0.05, 0.1) is 23.5 Å². The number of carbonyl (C=O) groups excluding carboxylic acids is 2. The lowest BCUT2D eigenvalue weighted by Crippen LogP contribution is -2.43. The number of benzene rings is 3. The minimum absolute atomic E-state index is 0.0827. The molecule has 0 bridgehead atoms. The summed E-state index contributed by atoms with van der Waals surface area (Å²) < 4.78 is 34.2. The van der Waals surface area contributed by atoms with Crippen molar-refractivity contribution in [2.24, 2.45) is 0 Å². The second kappa shape index (κ2) is 13.0. The molecule has 0 saturated carbocycles. The van der Waals surface area contributed by atoms with E-state index in [0.717, 1.165) is 36.1 Å². The summed E-state index contributed by atoms with van der Waals surface area (Å²) in [5.41, 5.74) is 3.79. The molecule has 0 spiro atoms. The van der Waals surface area contributed by atoms with Crippen molar-refractivity contribution in [1.82, 2.24) is 15.1 Å². The zero-order valence-electron chi connectivity index (χ0n) is 22.9. The molecule has 0 fully saturated rings. The van der Waals surface area contributed by atoms with Crippen LogP contribution in [0.5, 0.6) is 0 Å². The molecule has 1 aromatic heterocycles. The van der Waals surface area contributed by atoms with Crippen LogP contribution in [0.15, 0.2) is 66.7 Å². The highest BCUT2D eigenvalue weighted by Crippen LogP contribution is 2.38. The Labute approximate surface area is 252 Å². The maximum atomic E-state index is 14.1. The largest absolute Gasteiger partial charge is 0.467 e. The fourth-order valence-electron chi connectivity index (χ4n) is 5.54. The summed E-state index contributed by atoms with van der Waals surface area (Å²) in [5.74, 6) is -1.98. The fourth-order valence-corrected chi connectivity index (χ4v) is 6.03. The molecule has 0 saturated heterocycles. The number of amides is 1. The molecule has 2 atom stereocenters. The van der Waals surface area contributed by atoms with Gasteiger partial charge in [-0.25, -0.2) is 18.3 Å². The Bertz CT molecular complexity index is 1610. The lowest BCUT2D eigenvalue weighted by Gasteiger charge is -2.19. The summed E-state index contributed by atoms with van der Waals surface area (Å²) >= 11 is 12.8. The van der Waals surface area contributed by atoms with Crippen LogP contribution in [0, 0.1) is 11.6 Å². The predicted octanol–water partition coefficient (Wildman–Crippen LogP) is 7.02. The average Bonchev–Trinajstić information content (AvgIpc) is 3.22. The van der Waals surface area contributed by atoms with E-state index < -0.39 is 23.7 Å². The topological polar surface area (TPSA) is 73.2 Å². The van der Waals surface area contributed by atoms with Gasteiger partial charge in [-0.2, -0.15) is 5.10 Å². The van der Waals surface area contributed by atoms with Gasteiger partial charge in [-0.15, -0.1) is 0 Å². The van der Waals surface area contributed by atoms with E-state index in [1.165, 1.54) is 31.4 Å². The number of halogens is 4. The third kappa shape index (κ3) is 6.66. The number of methoxy groups -OCH3 is 1. The van der Waals surface area contributed by atoms with E-state index in [2.05, 4.69) is 5.32 Å². The molecule has 1 aliphatic carbocycles. The number of aromatic nitrogens is 2. The molecule has 42 heavy (non-hydrogen) atoms. The zero-order chi connectivity index (χ0) is 29.8. The van der Waals surface area contributed by atoms with Crippen molar-refractivity contribution >= 4 is 35.1 Å². The molecule has 218 valence electrons. The van der Waals surface area contributed by atoms with Gasteiger partial charge < -0.3 is 10.1 Å². The standard InChI is InChI=1S/C32H29Cl2F2N3O3/c1-42-32(41)27(17-19-9-12-23(35)13-10-19)37-31(40)29-25-8-3-2-6-21(15-20-5-4-7-24(36)16-20)30(25)39(38-29)28-14-11-22(33)18-26(28)34/h4-5,7,9-14,16,18,21,27H,2-3,6,8,15,17H2,1H3,(H,37,40)/t21-,27-/m1/s1. The van der Waals surface area contributed by atoms with E-state index in [1.54, 1.807) is 41.1 Å². The average molecular weight is 613 g/mol. The molecule has 1 heterocycles. The molecule has 5 rings (SSSR count). The van der Waals surface area contributed by atoms with Gasteiger partial charge in [-0.1, -0.05) is 53.9 Å². The number of hydrogen-bond acceptors (Lipinski definition) is 4. The first-order chi connectivity index (χ1) is 20.2. The number of nitrogens with zero attached hydrogens (tertiary/aromatic N) is 2. The summed E-state index contributed by atoms with van der Waals surface area (Å²) in [7, 11) is 1.24. The van der Waals surface area contributed by atoms with E-state index in [9.17, 15) is 18.4 Å². The van der Waals surface area contributed by atoms with Gasteiger partial charge in [0.15, 0.2) is 5.69 Å². The third-order valence-corrected chi connectivity index (χ3v) is 8.05. The van der Waals surface area contributed by atoms with Crippen LogP contribution in [0.4, 0.5) is 8.78 Å². The molecule has 0 aliphatic heterocycles. The first kappa shape index (κ1) is 29.7. The fraction of sp³-hybridized carbons (Fsp3) is 0.281. The summed E-state index contributed by atoms with van der Waals surface area (Å²) in [5, 5.41) is 8.37. The van der Waals surface area contributed by atoms with Crippen LogP contribution in [0.25, 0.3) is 5.69 Å².